The summed E-state index contributed by atoms with van der Waals surface area (Å²) in [6, 6.07) is 0.252. The van der Waals surface area contributed by atoms with Crippen LogP contribution < -0.4 is 11.3 Å². The molecule has 1 rings (SSSR count). The minimum atomic E-state index is 0.252. The van der Waals surface area contributed by atoms with E-state index in [1.807, 2.05) is 16.4 Å². The molecule has 4 nitrogen and oxygen atoms in total. The SMILES string of the molecule is CCc1nn(CC)c(CC(CCSC)NN)c1Cl. The van der Waals surface area contributed by atoms with Crippen LogP contribution in [0.5, 0.6) is 0 Å². The van der Waals surface area contributed by atoms with E-state index < -0.39 is 0 Å². The molecule has 1 heterocycles. The molecule has 1 aromatic heterocycles. The van der Waals surface area contributed by atoms with Crippen LogP contribution in [0, 0.1) is 0 Å². The fraction of sp³-hybridized carbons (Fsp3) is 0.750. The van der Waals surface area contributed by atoms with Crippen molar-refractivity contribution in [2.24, 2.45) is 5.84 Å². The summed E-state index contributed by atoms with van der Waals surface area (Å²) < 4.78 is 1.99. The van der Waals surface area contributed by atoms with Crippen LogP contribution in [0.4, 0.5) is 0 Å². The summed E-state index contributed by atoms with van der Waals surface area (Å²) in [5.74, 6) is 6.70. The minimum absolute atomic E-state index is 0.252. The normalized spacial score (nSPS) is 12.9. The number of hydrogen-bond donors (Lipinski definition) is 2. The number of rotatable bonds is 8. The first-order valence-corrected chi connectivity index (χ1v) is 8.14. The second-order valence-electron chi connectivity index (χ2n) is 4.23. The number of hydrogen-bond acceptors (Lipinski definition) is 4. The Morgan fingerprint density at radius 2 is 2.22 bits per heavy atom. The Morgan fingerprint density at radius 3 is 2.72 bits per heavy atom. The van der Waals surface area contributed by atoms with Crippen LogP contribution in [0.3, 0.4) is 0 Å². The highest BCUT2D eigenvalue weighted by molar-refractivity contribution is 7.98. The van der Waals surface area contributed by atoms with Gasteiger partial charge in [0.1, 0.15) is 0 Å². The number of hydrazine groups is 1. The third-order valence-corrected chi connectivity index (χ3v) is 4.12. The molecular weight excluding hydrogens is 268 g/mol. The van der Waals surface area contributed by atoms with Gasteiger partial charge in [0.2, 0.25) is 0 Å². The summed E-state index contributed by atoms with van der Waals surface area (Å²) in [5.41, 5.74) is 4.96. The van der Waals surface area contributed by atoms with Crippen molar-refractivity contribution in [1.29, 1.82) is 0 Å². The molecule has 0 radical (unpaired) electrons. The van der Waals surface area contributed by atoms with E-state index in [0.29, 0.717) is 0 Å². The van der Waals surface area contributed by atoms with E-state index in [1.165, 1.54) is 0 Å². The van der Waals surface area contributed by atoms with Gasteiger partial charge in [0.15, 0.2) is 0 Å². The summed E-state index contributed by atoms with van der Waals surface area (Å²) in [5, 5.41) is 5.33. The molecule has 0 fully saturated rings. The van der Waals surface area contributed by atoms with Crippen molar-refractivity contribution < 1.29 is 0 Å². The minimum Gasteiger partial charge on any atom is -0.271 e. The lowest BCUT2D eigenvalue weighted by Crippen LogP contribution is -2.37. The number of nitrogens with two attached hydrogens (primary N) is 1. The Balaban J connectivity index is 2.83. The van der Waals surface area contributed by atoms with Crippen molar-refractivity contribution in [1.82, 2.24) is 15.2 Å². The highest BCUT2D eigenvalue weighted by atomic mass is 35.5. The maximum absolute atomic E-state index is 6.39. The molecule has 0 aliphatic rings. The van der Waals surface area contributed by atoms with Gasteiger partial charge < -0.3 is 0 Å². The van der Waals surface area contributed by atoms with Gasteiger partial charge in [-0.1, -0.05) is 18.5 Å². The van der Waals surface area contributed by atoms with Crippen molar-refractivity contribution in [3.63, 3.8) is 0 Å². The molecule has 0 aliphatic heterocycles. The molecule has 0 spiro atoms. The predicted octanol–water partition coefficient (Wildman–Crippen LogP) is 2.25. The fourth-order valence-electron chi connectivity index (χ4n) is 1.95. The van der Waals surface area contributed by atoms with Gasteiger partial charge in [-0.3, -0.25) is 16.0 Å². The van der Waals surface area contributed by atoms with Gasteiger partial charge >= 0.3 is 0 Å². The smallest absolute Gasteiger partial charge is 0.0850 e. The van der Waals surface area contributed by atoms with Crippen LogP contribution in [0.15, 0.2) is 0 Å². The van der Waals surface area contributed by atoms with Gasteiger partial charge in [-0.25, -0.2) is 0 Å². The zero-order valence-electron chi connectivity index (χ0n) is 11.4. The maximum Gasteiger partial charge on any atom is 0.0850 e. The van der Waals surface area contributed by atoms with Crippen LogP contribution in [-0.2, 0) is 19.4 Å². The molecule has 1 aromatic rings. The summed E-state index contributed by atoms with van der Waals surface area (Å²) in [7, 11) is 0. The fourth-order valence-corrected chi connectivity index (χ4v) is 2.82. The van der Waals surface area contributed by atoms with Crippen molar-refractivity contribution in [2.75, 3.05) is 12.0 Å². The zero-order chi connectivity index (χ0) is 13.5. The Labute approximate surface area is 119 Å². The van der Waals surface area contributed by atoms with E-state index in [2.05, 4.69) is 30.6 Å². The van der Waals surface area contributed by atoms with Crippen molar-refractivity contribution in [3.8, 4) is 0 Å². The Hall–Kier alpha value is -0.230. The van der Waals surface area contributed by atoms with Gasteiger partial charge in [-0.05, 0) is 31.8 Å². The molecule has 18 heavy (non-hydrogen) atoms. The number of halogens is 1. The predicted molar refractivity (Wildman–Crippen MR) is 80.1 cm³/mol. The molecule has 0 amide bonds. The van der Waals surface area contributed by atoms with E-state index in [9.17, 15) is 0 Å². The molecule has 0 aliphatic carbocycles. The molecule has 6 heteroatoms. The third kappa shape index (κ3) is 3.88. The van der Waals surface area contributed by atoms with Crippen LogP contribution in [-0.4, -0.2) is 27.8 Å². The number of aromatic nitrogens is 2. The first-order chi connectivity index (χ1) is 8.67. The molecule has 0 saturated heterocycles. The van der Waals surface area contributed by atoms with Crippen LogP contribution in [0.2, 0.25) is 5.02 Å². The van der Waals surface area contributed by atoms with Crippen LogP contribution >= 0.6 is 23.4 Å². The highest BCUT2D eigenvalue weighted by Crippen LogP contribution is 2.23. The second kappa shape index (κ2) is 8.04. The lowest BCUT2D eigenvalue weighted by Gasteiger charge is -2.16. The summed E-state index contributed by atoms with van der Waals surface area (Å²) in [6.07, 6.45) is 4.83. The number of nitrogens with one attached hydrogen (secondary N) is 1. The first-order valence-electron chi connectivity index (χ1n) is 6.36. The van der Waals surface area contributed by atoms with Gasteiger partial charge in [0, 0.05) is 19.0 Å². The summed E-state index contributed by atoms with van der Waals surface area (Å²) in [4.78, 5) is 0. The lowest BCUT2D eigenvalue weighted by atomic mass is 10.1. The Bertz CT molecular complexity index is 367. The van der Waals surface area contributed by atoms with E-state index in [4.69, 9.17) is 17.4 Å². The Morgan fingerprint density at radius 1 is 1.50 bits per heavy atom. The Kier molecular flexibility index (Phi) is 7.07. The van der Waals surface area contributed by atoms with E-state index in [-0.39, 0.29) is 6.04 Å². The van der Waals surface area contributed by atoms with Gasteiger partial charge in [0.25, 0.3) is 0 Å². The van der Waals surface area contributed by atoms with Crippen LogP contribution in [0.25, 0.3) is 0 Å². The lowest BCUT2D eigenvalue weighted by molar-refractivity contribution is 0.489. The third-order valence-electron chi connectivity index (χ3n) is 3.04. The van der Waals surface area contributed by atoms with Crippen molar-refractivity contribution in [3.05, 3.63) is 16.4 Å². The summed E-state index contributed by atoms with van der Waals surface area (Å²) >= 11 is 8.22. The molecule has 0 aromatic carbocycles. The molecular formula is C12H23ClN4S. The topological polar surface area (TPSA) is 55.9 Å². The van der Waals surface area contributed by atoms with E-state index in [0.717, 1.165) is 48.0 Å². The largest absolute Gasteiger partial charge is 0.271 e. The van der Waals surface area contributed by atoms with Gasteiger partial charge in [-0.2, -0.15) is 16.9 Å². The molecule has 3 N–H and O–H groups in total. The molecule has 0 bridgehead atoms. The molecule has 104 valence electrons. The average molecular weight is 291 g/mol. The molecule has 0 saturated carbocycles. The van der Waals surface area contributed by atoms with Crippen molar-refractivity contribution >= 4 is 23.4 Å². The van der Waals surface area contributed by atoms with E-state index >= 15 is 0 Å². The zero-order valence-corrected chi connectivity index (χ0v) is 12.9. The monoisotopic (exact) mass is 290 g/mol. The number of thioether (sulfide) groups is 1. The molecule has 1 unspecified atom stereocenters. The molecule has 1 atom stereocenters. The summed E-state index contributed by atoms with van der Waals surface area (Å²) in [6.45, 7) is 5.00. The number of nitrogens with zero attached hydrogens (tertiary/aromatic N) is 2. The van der Waals surface area contributed by atoms with Gasteiger partial charge in [0.05, 0.1) is 16.4 Å². The van der Waals surface area contributed by atoms with E-state index in [1.54, 1.807) is 0 Å². The van der Waals surface area contributed by atoms with Crippen molar-refractivity contribution in [2.45, 2.75) is 45.7 Å². The first kappa shape index (κ1) is 15.8. The second-order valence-corrected chi connectivity index (χ2v) is 5.59. The van der Waals surface area contributed by atoms with Gasteiger partial charge in [-0.15, -0.1) is 0 Å². The van der Waals surface area contributed by atoms with Crippen LogP contribution in [0.1, 0.15) is 31.7 Å². The quantitative estimate of drug-likeness (QED) is 0.569. The number of aryl methyl sites for hydroxylation is 2. The standard InChI is InChI=1S/C12H23ClN4S/c1-4-10-12(13)11(17(5-2)16-10)8-9(15-14)6-7-18-3/h9,15H,4-8,14H2,1-3H3. The average Bonchev–Trinajstić information content (AvgIpc) is 2.70. The maximum atomic E-state index is 6.39. The highest BCUT2D eigenvalue weighted by Gasteiger charge is 2.18.